The summed E-state index contributed by atoms with van der Waals surface area (Å²) >= 11 is 0. The lowest BCUT2D eigenvalue weighted by molar-refractivity contribution is -0.145. The number of hydrogen-bond donors (Lipinski definition) is 1. The number of nitrogens with zero attached hydrogens (tertiary/aromatic N) is 3. The van der Waals surface area contributed by atoms with Gasteiger partial charge in [0.25, 0.3) is 0 Å². The van der Waals surface area contributed by atoms with Crippen LogP contribution in [0.15, 0.2) is 12.4 Å². The predicted octanol–water partition coefficient (Wildman–Crippen LogP) is 3.24. The van der Waals surface area contributed by atoms with Crippen molar-refractivity contribution in [2.45, 2.75) is 75.9 Å². The fourth-order valence-corrected chi connectivity index (χ4v) is 3.79. The molecule has 144 valence electrons. The highest BCUT2D eigenvalue weighted by molar-refractivity contribution is 5.69. The van der Waals surface area contributed by atoms with Gasteiger partial charge in [0.2, 0.25) is 5.82 Å². The fraction of sp³-hybridized carbons (Fsp3) is 0.706. The molecule has 3 rings (SSSR count). The number of hydrogen-bond acceptors (Lipinski definition) is 5. The van der Waals surface area contributed by atoms with E-state index in [-0.39, 0.29) is 30.5 Å². The van der Waals surface area contributed by atoms with Gasteiger partial charge < -0.3 is 14.7 Å². The summed E-state index contributed by atoms with van der Waals surface area (Å²) in [5, 5.41) is 11.0. The van der Waals surface area contributed by atoms with Crippen molar-refractivity contribution < 1.29 is 27.8 Å². The van der Waals surface area contributed by atoms with Crippen LogP contribution in [0.3, 0.4) is 0 Å². The highest BCUT2D eigenvalue weighted by atomic mass is 19.4. The number of aromatic nitrogens is 2. The molecule has 0 aliphatic carbocycles. The van der Waals surface area contributed by atoms with Crippen molar-refractivity contribution in [1.82, 2.24) is 14.9 Å². The van der Waals surface area contributed by atoms with Gasteiger partial charge in [-0.1, -0.05) is 0 Å². The Hall–Kier alpha value is -1.90. The lowest BCUT2D eigenvalue weighted by atomic mass is 9.82. The minimum absolute atomic E-state index is 0.220. The van der Waals surface area contributed by atoms with Crippen molar-refractivity contribution in [3.05, 3.63) is 23.8 Å². The Morgan fingerprint density at radius 2 is 1.69 bits per heavy atom. The predicted molar refractivity (Wildman–Crippen MR) is 85.0 cm³/mol. The quantitative estimate of drug-likeness (QED) is 0.818. The molecule has 0 spiro atoms. The fourth-order valence-electron chi connectivity index (χ4n) is 3.79. The van der Waals surface area contributed by atoms with Crippen molar-refractivity contribution in [3.8, 4) is 0 Å². The zero-order chi connectivity index (χ0) is 19.3. The first kappa shape index (κ1) is 18.9. The lowest BCUT2D eigenvalue weighted by Crippen LogP contribution is -2.53. The zero-order valence-corrected chi connectivity index (χ0v) is 14.9. The Kier molecular flexibility index (Phi) is 4.41. The lowest BCUT2D eigenvalue weighted by Gasteiger charge is -2.43. The number of alkyl halides is 3. The molecule has 1 aromatic heterocycles. The minimum Gasteiger partial charge on any atom is -0.444 e. The summed E-state index contributed by atoms with van der Waals surface area (Å²) in [6.45, 7) is 5.35. The molecular formula is C17H22F3N3O3. The maximum atomic E-state index is 12.6. The molecule has 2 saturated heterocycles. The number of carbonyl (C=O) groups is 1. The molecule has 0 radical (unpaired) electrons. The van der Waals surface area contributed by atoms with Gasteiger partial charge in [-0.3, -0.25) is 0 Å². The minimum atomic E-state index is -4.62. The molecule has 2 aliphatic heterocycles. The number of rotatable bonds is 1. The number of ether oxygens (including phenoxy) is 1. The van der Waals surface area contributed by atoms with E-state index in [1.165, 1.54) is 0 Å². The average molecular weight is 373 g/mol. The van der Waals surface area contributed by atoms with Gasteiger partial charge in [-0.25, -0.2) is 14.8 Å². The summed E-state index contributed by atoms with van der Waals surface area (Å²) in [7, 11) is 0. The first-order valence-corrected chi connectivity index (χ1v) is 8.52. The molecule has 0 saturated carbocycles. The molecule has 6 nitrogen and oxygen atoms in total. The SMILES string of the molecule is CC(C)(C)OC(=O)N1C2CCC1CC(O)(c1cnc(C(F)(F)F)nc1)C2. The molecular weight excluding hydrogens is 351 g/mol. The van der Waals surface area contributed by atoms with Gasteiger partial charge >= 0.3 is 12.3 Å². The van der Waals surface area contributed by atoms with E-state index in [4.69, 9.17) is 4.74 Å². The molecule has 3 heterocycles. The monoisotopic (exact) mass is 373 g/mol. The molecule has 0 aromatic carbocycles. The van der Waals surface area contributed by atoms with E-state index in [1.54, 1.807) is 25.7 Å². The van der Waals surface area contributed by atoms with E-state index in [0.29, 0.717) is 12.8 Å². The number of fused-ring (bicyclic) bond motifs is 2. The van der Waals surface area contributed by atoms with Crippen LogP contribution in [-0.4, -0.2) is 43.8 Å². The first-order valence-electron chi connectivity index (χ1n) is 8.52. The molecule has 26 heavy (non-hydrogen) atoms. The van der Waals surface area contributed by atoms with E-state index in [1.807, 2.05) is 0 Å². The molecule has 2 aliphatic rings. The van der Waals surface area contributed by atoms with Gasteiger partial charge in [-0.2, -0.15) is 13.2 Å². The molecule has 2 bridgehead atoms. The standard InChI is InChI=1S/C17H22F3N3O3/c1-15(2,3)26-14(24)23-11-4-5-12(23)7-16(25,6-11)10-8-21-13(22-9-10)17(18,19)20/h8-9,11-12,25H,4-7H2,1-3H3. The van der Waals surface area contributed by atoms with Gasteiger partial charge in [0.1, 0.15) is 5.60 Å². The summed E-state index contributed by atoms with van der Waals surface area (Å²) in [6.07, 6.45) is -1.12. The van der Waals surface area contributed by atoms with Crippen LogP contribution in [0.4, 0.5) is 18.0 Å². The zero-order valence-electron chi connectivity index (χ0n) is 14.9. The smallest absolute Gasteiger partial charge is 0.444 e. The number of amides is 1. The van der Waals surface area contributed by atoms with Crippen LogP contribution < -0.4 is 0 Å². The molecule has 2 atom stereocenters. The van der Waals surface area contributed by atoms with Crippen molar-refractivity contribution >= 4 is 6.09 Å². The molecule has 1 aromatic rings. The van der Waals surface area contributed by atoms with Gasteiger partial charge in [0, 0.05) is 42.9 Å². The van der Waals surface area contributed by atoms with Crippen LogP contribution >= 0.6 is 0 Å². The number of carbonyl (C=O) groups excluding carboxylic acids is 1. The van der Waals surface area contributed by atoms with Gasteiger partial charge in [-0.05, 0) is 33.6 Å². The van der Waals surface area contributed by atoms with Gasteiger partial charge in [-0.15, -0.1) is 0 Å². The van der Waals surface area contributed by atoms with Crippen LogP contribution in [-0.2, 0) is 16.5 Å². The second-order valence-electron chi connectivity index (χ2n) is 8.01. The number of piperidine rings is 1. The van der Waals surface area contributed by atoms with E-state index >= 15 is 0 Å². The van der Waals surface area contributed by atoms with Crippen LogP contribution in [0, 0.1) is 0 Å². The largest absolute Gasteiger partial charge is 0.451 e. The third kappa shape index (κ3) is 3.62. The summed E-state index contributed by atoms with van der Waals surface area (Å²) < 4.78 is 43.3. The van der Waals surface area contributed by atoms with Crippen LogP contribution in [0.25, 0.3) is 0 Å². The highest BCUT2D eigenvalue weighted by Gasteiger charge is 2.51. The summed E-state index contributed by atoms with van der Waals surface area (Å²) in [5.41, 5.74) is -1.73. The van der Waals surface area contributed by atoms with Gasteiger partial charge in [0.15, 0.2) is 0 Å². The Bertz CT molecular complexity index is 671. The number of aliphatic hydroxyl groups is 1. The van der Waals surface area contributed by atoms with Gasteiger partial charge in [0.05, 0.1) is 5.60 Å². The second-order valence-corrected chi connectivity index (χ2v) is 8.01. The normalized spacial score (nSPS) is 29.0. The summed E-state index contributed by atoms with van der Waals surface area (Å²) in [4.78, 5) is 20.8. The Morgan fingerprint density at radius 1 is 1.19 bits per heavy atom. The second kappa shape index (κ2) is 6.07. The van der Waals surface area contributed by atoms with E-state index in [0.717, 1.165) is 12.4 Å². The molecule has 9 heteroatoms. The Labute approximate surface area is 149 Å². The van der Waals surface area contributed by atoms with Crippen LogP contribution in [0.1, 0.15) is 57.8 Å². The third-order valence-corrected chi connectivity index (χ3v) is 4.81. The van der Waals surface area contributed by atoms with Crippen molar-refractivity contribution in [3.63, 3.8) is 0 Å². The summed E-state index contributed by atoms with van der Waals surface area (Å²) in [6, 6.07) is -0.452. The van der Waals surface area contributed by atoms with Crippen LogP contribution in [0.2, 0.25) is 0 Å². The Balaban J connectivity index is 1.78. The van der Waals surface area contributed by atoms with E-state index in [2.05, 4.69) is 9.97 Å². The van der Waals surface area contributed by atoms with E-state index in [9.17, 15) is 23.1 Å². The first-order chi connectivity index (χ1) is 11.9. The summed E-state index contributed by atoms with van der Waals surface area (Å²) in [5.74, 6) is -1.24. The average Bonchev–Trinajstić information content (AvgIpc) is 2.78. The third-order valence-electron chi connectivity index (χ3n) is 4.81. The molecule has 2 fully saturated rings. The number of halogens is 3. The highest BCUT2D eigenvalue weighted by Crippen LogP contribution is 2.46. The molecule has 1 amide bonds. The van der Waals surface area contributed by atoms with Crippen molar-refractivity contribution in [2.75, 3.05) is 0 Å². The topological polar surface area (TPSA) is 75.5 Å². The van der Waals surface area contributed by atoms with Crippen molar-refractivity contribution in [1.29, 1.82) is 0 Å². The van der Waals surface area contributed by atoms with E-state index < -0.39 is 29.3 Å². The molecule has 2 unspecified atom stereocenters. The van der Waals surface area contributed by atoms with Crippen molar-refractivity contribution in [2.24, 2.45) is 0 Å². The maximum absolute atomic E-state index is 12.6. The maximum Gasteiger partial charge on any atom is 0.451 e. The van der Waals surface area contributed by atoms with Crippen LogP contribution in [0.5, 0.6) is 0 Å². The Morgan fingerprint density at radius 3 is 2.12 bits per heavy atom. The molecule has 1 N–H and O–H groups in total.